The number of anilines is 1. The predicted molar refractivity (Wildman–Crippen MR) is 70.0 cm³/mol. The van der Waals surface area contributed by atoms with Crippen molar-refractivity contribution in [3.05, 3.63) is 24.3 Å². The molecule has 0 aliphatic heterocycles. The first kappa shape index (κ1) is 17.1. The minimum Gasteiger partial charge on any atom is -0.406 e. The molecule has 21 heavy (non-hydrogen) atoms. The SMILES string of the molecule is COCC(CN)NC(=O)Nc1ccc(OC(F)(F)F)cc1. The maximum atomic E-state index is 12.0. The highest BCUT2D eigenvalue weighted by atomic mass is 19.4. The lowest BCUT2D eigenvalue weighted by molar-refractivity contribution is -0.274. The van der Waals surface area contributed by atoms with Crippen LogP contribution in [-0.2, 0) is 4.74 Å². The van der Waals surface area contributed by atoms with Crippen molar-refractivity contribution in [1.29, 1.82) is 0 Å². The van der Waals surface area contributed by atoms with Crippen molar-refractivity contribution in [2.24, 2.45) is 5.73 Å². The van der Waals surface area contributed by atoms with E-state index in [1.807, 2.05) is 0 Å². The number of carbonyl (C=O) groups excluding carboxylic acids is 1. The number of hydrogen-bond donors (Lipinski definition) is 3. The van der Waals surface area contributed by atoms with Gasteiger partial charge in [0.2, 0.25) is 0 Å². The molecule has 0 aliphatic rings. The van der Waals surface area contributed by atoms with Crippen LogP contribution in [-0.4, -0.2) is 38.7 Å². The molecule has 118 valence electrons. The van der Waals surface area contributed by atoms with E-state index in [-0.39, 0.29) is 24.9 Å². The number of ether oxygens (including phenoxy) is 2. The average molecular weight is 307 g/mol. The molecule has 0 radical (unpaired) electrons. The maximum absolute atomic E-state index is 12.0. The Morgan fingerprint density at radius 2 is 1.95 bits per heavy atom. The zero-order valence-electron chi connectivity index (χ0n) is 11.2. The zero-order valence-corrected chi connectivity index (χ0v) is 11.2. The molecular formula is C12H16F3N3O3. The average Bonchev–Trinajstić information content (AvgIpc) is 2.39. The molecule has 0 aromatic heterocycles. The lowest BCUT2D eigenvalue weighted by atomic mass is 10.3. The summed E-state index contributed by atoms with van der Waals surface area (Å²) in [4.78, 5) is 11.6. The van der Waals surface area contributed by atoms with Crippen molar-refractivity contribution in [1.82, 2.24) is 5.32 Å². The van der Waals surface area contributed by atoms with Crippen molar-refractivity contribution >= 4 is 11.7 Å². The number of amides is 2. The van der Waals surface area contributed by atoms with Crippen LogP contribution in [0.3, 0.4) is 0 Å². The van der Waals surface area contributed by atoms with Gasteiger partial charge >= 0.3 is 12.4 Å². The Labute approximate surface area is 119 Å². The molecule has 2 amide bonds. The van der Waals surface area contributed by atoms with Gasteiger partial charge in [-0.1, -0.05) is 0 Å². The lowest BCUT2D eigenvalue weighted by Gasteiger charge is -2.16. The first-order valence-corrected chi connectivity index (χ1v) is 5.96. The van der Waals surface area contributed by atoms with E-state index in [0.717, 1.165) is 12.1 Å². The van der Waals surface area contributed by atoms with Crippen LogP contribution in [0.15, 0.2) is 24.3 Å². The second-order valence-electron chi connectivity index (χ2n) is 4.06. The molecule has 0 saturated carbocycles. The number of halogens is 3. The highest BCUT2D eigenvalue weighted by molar-refractivity contribution is 5.89. The summed E-state index contributed by atoms with van der Waals surface area (Å²) >= 11 is 0. The van der Waals surface area contributed by atoms with Crippen LogP contribution in [0.25, 0.3) is 0 Å². The third kappa shape index (κ3) is 6.82. The molecule has 0 aliphatic carbocycles. The molecule has 1 unspecified atom stereocenters. The summed E-state index contributed by atoms with van der Waals surface area (Å²) in [6, 6.07) is 3.87. The van der Waals surface area contributed by atoms with Gasteiger partial charge in [0, 0.05) is 19.3 Å². The van der Waals surface area contributed by atoms with E-state index in [0.29, 0.717) is 5.69 Å². The molecule has 0 heterocycles. The summed E-state index contributed by atoms with van der Waals surface area (Å²) in [6.07, 6.45) is -4.75. The van der Waals surface area contributed by atoms with Gasteiger partial charge < -0.3 is 25.8 Å². The molecule has 0 spiro atoms. The second kappa shape index (κ2) is 7.70. The number of nitrogens with one attached hydrogen (secondary N) is 2. The monoisotopic (exact) mass is 307 g/mol. The van der Waals surface area contributed by atoms with Crippen molar-refractivity contribution in [3.63, 3.8) is 0 Å². The van der Waals surface area contributed by atoms with Crippen LogP contribution >= 0.6 is 0 Å². The minimum absolute atomic E-state index is 0.194. The van der Waals surface area contributed by atoms with E-state index in [2.05, 4.69) is 15.4 Å². The standard InChI is InChI=1S/C12H16F3N3O3/c1-20-7-9(6-16)18-11(19)17-8-2-4-10(5-3-8)21-12(13,14)15/h2-5,9H,6-7,16H2,1H3,(H2,17,18,19). The number of urea groups is 1. The number of benzene rings is 1. The van der Waals surface area contributed by atoms with Gasteiger partial charge in [0.05, 0.1) is 12.6 Å². The zero-order chi connectivity index (χ0) is 15.9. The Kier molecular flexibility index (Phi) is 6.25. The number of carbonyl (C=O) groups is 1. The van der Waals surface area contributed by atoms with Gasteiger partial charge in [-0.25, -0.2) is 4.79 Å². The topological polar surface area (TPSA) is 85.6 Å². The fourth-order valence-corrected chi connectivity index (χ4v) is 1.46. The third-order valence-corrected chi connectivity index (χ3v) is 2.33. The molecule has 0 saturated heterocycles. The van der Waals surface area contributed by atoms with Crippen molar-refractivity contribution in [2.75, 3.05) is 25.6 Å². The molecule has 4 N–H and O–H groups in total. The Morgan fingerprint density at radius 3 is 2.43 bits per heavy atom. The third-order valence-electron chi connectivity index (χ3n) is 2.33. The van der Waals surface area contributed by atoms with Crippen LogP contribution in [0.1, 0.15) is 0 Å². The smallest absolute Gasteiger partial charge is 0.406 e. The Morgan fingerprint density at radius 1 is 1.33 bits per heavy atom. The van der Waals surface area contributed by atoms with Gasteiger partial charge in [-0.2, -0.15) is 0 Å². The molecule has 1 atom stereocenters. The second-order valence-corrected chi connectivity index (χ2v) is 4.06. The normalized spacial score (nSPS) is 12.6. The molecule has 9 heteroatoms. The summed E-state index contributed by atoms with van der Waals surface area (Å²) < 4.78 is 44.5. The molecule has 1 aromatic carbocycles. The van der Waals surface area contributed by atoms with Crippen LogP contribution in [0.4, 0.5) is 23.7 Å². The number of nitrogens with two attached hydrogens (primary N) is 1. The van der Waals surface area contributed by atoms with Gasteiger partial charge in [0.1, 0.15) is 5.75 Å². The van der Waals surface area contributed by atoms with Gasteiger partial charge in [0.25, 0.3) is 0 Å². The van der Waals surface area contributed by atoms with Crippen LogP contribution in [0.2, 0.25) is 0 Å². The van der Waals surface area contributed by atoms with E-state index in [4.69, 9.17) is 10.5 Å². The largest absolute Gasteiger partial charge is 0.573 e. The van der Waals surface area contributed by atoms with Crippen molar-refractivity contribution in [2.45, 2.75) is 12.4 Å². The van der Waals surface area contributed by atoms with Gasteiger partial charge in [-0.3, -0.25) is 0 Å². The Balaban J connectivity index is 2.53. The predicted octanol–water partition coefficient (Wildman–Crippen LogP) is 1.68. The number of rotatable bonds is 6. The molecule has 0 bridgehead atoms. The van der Waals surface area contributed by atoms with E-state index in [1.165, 1.54) is 19.2 Å². The maximum Gasteiger partial charge on any atom is 0.573 e. The lowest BCUT2D eigenvalue weighted by Crippen LogP contribution is -2.45. The van der Waals surface area contributed by atoms with Crippen molar-refractivity contribution in [3.8, 4) is 5.75 Å². The fraction of sp³-hybridized carbons (Fsp3) is 0.417. The van der Waals surface area contributed by atoms with Crippen LogP contribution < -0.4 is 21.1 Å². The van der Waals surface area contributed by atoms with E-state index >= 15 is 0 Å². The fourth-order valence-electron chi connectivity index (χ4n) is 1.46. The van der Waals surface area contributed by atoms with E-state index < -0.39 is 12.4 Å². The summed E-state index contributed by atoms with van der Waals surface area (Å²) in [5.74, 6) is -0.368. The molecule has 6 nitrogen and oxygen atoms in total. The summed E-state index contributed by atoms with van der Waals surface area (Å²) in [5, 5.41) is 5.01. The first-order chi connectivity index (χ1) is 9.84. The van der Waals surface area contributed by atoms with E-state index in [1.54, 1.807) is 0 Å². The number of methoxy groups -OCH3 is 1. The highest BCUT2D eigenvalue weighted by Crippen LogP contribution is 2.23. The van der Waals surface area contributed by atoms with E-state index in [9.17, 15) is 18.0 Å². The van der Waals surface area contributed by atoms with Gasteiger partial charge in [-0.15, -0.1) is 13.2 Å². The quantitative estimate of drug-likeness (QED) is 0.746. The van der Waals surface area contributed by atoms with Gasteiger partial charge in [0.15, 0.2) is 0 Å². The number of hydrogen-bond acceptors (Lipinski definition) is 4. The summed E-state index contributed by atoms with van der Waals surface area (Å²) in [6.45, 7) is 0.446. The summed E-state index contributed by atoms with van der Waals surface area (Å²) in [7, 11) is 1.47. The molecule has 1 rings (SSSR count). The van der Waals surface area contributed by atoms with Crippen LogP contribution in [0.5, 0.6) is 5.75 Å². The minimum atomic E-state index is -4.75. The number of alkyl halides is 3. The Hall–Kier alpha value is -2.00. The molecular weight excluding hydrogens is 291 g/mol. The highest BCUT2D eigenvalue weighted by Gasteiger charge is 2.30. The van der Waals surface area contributed by atoms with Crippen molar-refractivity contribution < 1.29 is 27.4 Å². The summed E-state index contributed by atoms with van der Waals surface area (Å²) in [5.41, 5.74) is 5.75. The molecule has 1 aromatic rings. The molecule has 0 fully saturated rings. The first-order valence-electron chi connectivity index (χ1n) is 5.96. The van der Waals surface area contributed by atoms with Crippen LogP contribution in [0, 0.1) is 0 Å². The Bertz CT molecular complexity index is 451. The van der Waals surface area contributed by atoms with Gasteiger partial charge in [-0.05, 0) is 24.3 Å².